The van der Waals surface area contributed by atoms with Crippen LogP contribution in [0, 0.1) is 0 Å². The van der Waals surface area contributed by atoms with Gasteiger partial charge in [0, 0.05) is 6.61 Å². The topological polar surface area (TPSA) is 75.2 Å². The molecule has 1 saturated heterocycles. The van der Waals surface area contributed by atoms with Crippen LogP contribution in [0.4, 0.5) is 5.82 Å². The van der Waals surface area contributed by atoms with Gasteiger partial charge >= 0.3 is 0 Å². The fourth-order valence-electron chi connectivity index (χ4n) is 2.00. The van der Waals surface area contributed by atoms with E-state index in [2.05, 4.69) is 10.3 Å². The van der Waals surface area contributed by atoms with Crippen LogP contribution in [-0.2, 0) is 22.4 Å². The molecule has 1 aliphatic heterocycles. The third kappa shape index (κ3) is 3.17. The highest BCUT2D eigenvalue weighted by Crippen LogP contribution is 2.14. The number of ether oxygens (including phenoxy) is 2. The predicted molar refractivity (Wildman–Crippen MR) is 63.4 cm³/mol. The van der Waals surface area contributed by atoms with E-state index >= 15 is 0 Å². The van der Waals surface area contributed by atoms with Gasteiger partial charge in [0.05, 0.1) is 18.8 Å². The van der Waals surface area contributed by atoms with Crippen molar-refractivity contribution in [3.63, 3.8) is 0 Å². The first-order valence-corrected chi connectivity index (χ1v) is 6.22. The predicted octanol–water partition coefficient (Wildman–Crippen LogP) is 0.966. The molecule has 2 rings (SSSR count). The molecule has 0 amide bonds. The number of anilines is 1. The molecular weight excluding hydrogens is 220 g/mol. The molecule has 1 fully saturated rings. The van der Waals surface area contributed by atoms with Gasteiger partial charge in [-0.1, -0.05) is 12.1 Å². The Kier molecular flexibility index (Phi) is 4.33. The van der Waals surface area contributed by atoms with Crippen LogP contribution >= 0.6 is 0 Å². The van der Waals surface area contributed by atoms with Crippen LogP contribution in [0.1, 0.15) is 31.9 Å². The van der Waals surface area contributed by atoms with E-state index in [1.807, 2.05) is 6.92 Å². The van der Waals surface area contributed by atoms with Crippen LogP contribution in [0.5, 0.6) is 0 Å². The summed E-state index contributed by atoms with van der Waals surface area (Å²) in [4.78, 5) is 0. The average molecular weight is 240 g/mol. The van der Waals surface area contributed by atoms with Gasteiger partial charge in [-0.3, -0.25) is 0 Å². The second kappa shape index (κ2) is 5.97. The maximum Gasteiger partial charge on any atom is 0.169 e. The molecule has 17 heavy (non-hydrogen) atoms. The van der Waals surface area contributed by atoms with E-state index in [-0.39, 0.29) is 6.29 Å². The average Bonchev–Trinajstić information content (AvgIpc) is 2.71. The lowest BCUT2D eigenvalue weighted by molar-refractivity contribution is -0.163. The molecule has 1 unspecified atom stereocenters. The van der Waals surface area contributed by atoms with E-state index < -0.39 is 0 Å². The summed E-state index contributed by atoms with van der Waals surface area (Å²) in [5, 5.41) is 7.85. The maximum absolute atomic E-state index is 5.71. The SMILES string of the molecule is CCc1c(N)nnn1CCOC1CCCCO1. The Labute approximate surface area is 101 Å². The minimum atomic E-state index is -0.0466. The number of nitrogens with two attached hydrogens (primary N) is 1. The van der Waals surface area contributed by atoms with Gasteiger partial charge in [-0.25, -0.2) is 4.68 Å². The molecule has 0 aromatic carbocycles. The molecule has 0 bridgehead atoms. The zero-order valence-electron chi connectivity index (χ0n) is 10.3. The molecule has 0 saturated carbocycles. The van der Waals surface area contributed by atoms with Crippen LogP contribution < -0.4 is 5.73 Å². The van der Waals surface area contributed by atoms with Crippen LogP contribution in [0.25, 0.3) is 0 Å². The van der Waals surface area contributed by atoms with E-state index in [4.69, 9.17) is 15.2 Å². The van der Waals surface area contributed by atoms with E-state index in [0.717, 1.165) is 31.6 Å². The minimum Gasteiger partial charge on any atom is -0.381 e. The highest BCUT2D eigenvalue weighted by Gasteiger charge is 2.14. The van der Waals surface area contributed by atoms with E-state index in [9.17, 15) is 0 Å². The Hall–Kier alpha value is -1.14. The summed E-state index contributed by atoms with van der Waals surface area (Å²) >= 11 is 0. The quantitative estimate of drug-likeness (QED) is 0.829. The molecule has 1 aliphatic rings. The Morgan fingerprint density at radius 2 is 2.41 bits per heavy atom. The Morgan fingerprint density at radius 3 is 3.12 bits per heavy atom. The van der Waals surface area contributed by atoms with E-state index in [0.29, 0.717) is 19.0 Å². The first-order valence-electron chi connectivity index (χ1n) is 6.22. The van der Waals surface area contributed by atoms with Crippen molar-refractivity contribution in [3.8, 4) is 0 Å². The number of nitrogen functional groups attached to an aromatic ring is 1. The molecule has 96 valence electrons. The first-order chi connectivity index (χ1) is 8.31. The molecule has 0 spiro atoms. The molecule has 2 heterocycles. The molecule has 6 heteroatoms. The number of hydrogen-bond acceptors (Lipinski definition) is 5. The fraction of sp³-hybridized carbons (Fsp3) is 0.818. The fourth-order valence-corrected chi connectivity index (χ4v) is 2.00. The van der Waals surface area contributed by atoms with Crippen molar-refractivity contribution in [1.82, 2.24) is 15.0 Å². The summed E-state index contributed by atoms with van der Waals surface area (Å²) in [7, 11) is 0. The largest absolute Gasteiger partial charge is 0.381 e. The molecule has 1 aromatic rings. The zero-order valence-corrected chi connectivity index (χ0v) is 10.3. The molecule has 6 nitrogen and oxygen atoms in total. The lowest BCUT2D eigenvalue weighted by Gasteiger charge is -2.22. The van der Waals surface area contributed by atoms with Gasteiger partial charge in [0.2, 0.25) is 0 Å². The van der Waals surface area contributed by atoms with Gasteiger partial charge in [-0.15, -0.1) is 5.10 Å². The van der Waals surface area contributed by atoms with Crippen molar-refractivity contribution in [2.24, 2.45) is 0 Å². The van der Waals surface area contributed by atoms with Gasteiger partial charge in [-0.05, 0) is 25.7 Å². The lowest BCUT2D eigenvalue weighted by atomic mass is 10.2. The lowest BCUT2D eigenvalue weighted by Crippen LogP contribution is -2.24. The van der Waals surface area contributed by atoms with Crippen molar-refractivity contribution in [2.75, 3.05) is 18.9 Å². The van der Waals surface area contributed by atoms with Crippen molar-refractivity contribution >= 4 is 5.82 Å². The monoisotopic (exact) mass is 240 g/mol. The summed E-state index contributed by atoms with van der Waals surface area (Å²) in [6, 6.07) is 0. The molecule has 1 aromatic heterocycles. The van der Waals surface area contributed by atoms with Gasteiger partial charge in [0.1, 0.15) is 0 Å². The summed E-state index contributed by atoms with van der Waals surface area (Å²) in [5.74, 6) is 0.515. The Balaban J connectivity index is 1.77. The van der Waals surface area contributed by atoms with Crippen molar-refractivity contribution in [1.29, 1.82) is 0 Å². The molecule has 2 N–H and O–H groups in total. The zero-order chi connectivity index (χ0) is 12.1. The van der Waals surface area contributed by atoms with Gasteiger partial charge < -0.3 is 15.2 Å². The molecular formula is C11H20N4O2. The normalized spacial score (nSPS) is 20.6. The standard InChI is InChI=1S/C11H20N4O2/c1-2-9-11(12)13-14-15(9)6-8-17-10-5-3-4-7-16-10/h10H,2-8,12H2,1H3. The Morgan fingerprint density at radius 1 is 1.53 bits per heavy atom. The van der Waals surface area contributed by atoms with Crippen molar-refractivity contribution in [2.45, 2.75) is 45.4 Å². The molecule has 0 aliphatic carbocycles. The maximum atomic E-state index is 5.71. The third-order valence-electron chi connectivity index (χ3n) is 2.95. The Bertz CT molecular complexity index is 347. The number of hydrogen-bond donors (Lipinski definition) is 1. The van der Waals surface area contributed by atoms with Crippen molar-refractivity contribution < 1.29 is 9.47 Å². The van der Waals surface area contributed by atoms with Crippen LogP contribution in [0.2, 0.25) is 0 Å². The number of aromatic nitrogens is 3. The highest BCUT2D eigenvalue weighted by atomic mass is 16.7. The second-order valence-corrected chi connectivity index (χ2v) is 4.16. The summed E-state index contributed by atoms with van der Waals surface area (Å²) in [5.41, 5.74) is 6.68. The second-order valence-electron chi connectivity index (χ2n) is 4.16. The number of rotatable bonds is 5. The van der Waals surface area contributed by atoms with Crippen molar-refractivity contribution in [3.05, 3.63) is 5.69 Å². The van der Waals surface area contributed by atoms with E-state index in [1.165, 1.54) is 6.42 Å². The van der Waals surface area contributed by atoms with Gasteiger partial charge in [0.25, 0.3) is 0 Å². The molecule has 1 atom stereocenters. The van der Waals surface area contributed by atoms with Crippen LogP contribution in [-0.4, -0.2) is 34.5 Å². The van der Waals surface area contributed by atoms with Crippen LogP contribution in [0.15, 0.2) is 0 Å². The summed E-state index contributed by atoms with van der Waals surface area (Å²) < 4.78 is 12.9. The highest BCUT2D eigenvalue weighted by molar-refractivity contribution is 5.32. The summed E-state index contributed by atoms with van der Waals surface area (Å²) in [6.45, 7) is 4.10. The molecule has 0 radical (unpaired) electrons. The smallest absolute Gasteiger partial charge is 0.169 e. The van der Waals surface area contributed by atoms with Crippen LogP contribution in [0.3, 0.4) is 0 Å². The summed E-state index contributed by atoms with van der Waals surface area (Å²) in [6.07, 6.45) is 4.09. The third-order valence-corrected chi connectivity index (χ3v) is 2.95. The first kappa shape index (κ1) is 12.3. The van der Waals surface area contributed by atoms with Gasteiger partial charge in [-0.2, -0.15) is 0 Å². The number of nitrogens with zero attached hydrogens (tertiary/aromatic N) is 3. The van der Waals surface area contributed by atoms with E-state index in [1.54, 1.807) is 4.68 Å². The minimum absolute atomic E-state index is 0.0466. The van der Waals surface area contributed by atoms with Gasteiger partial charge in [0.15, 0.2) is 12.1 Å².